The Kier molecular flexibility index (Phi) is 5.42. The molecule has 0 aromatic carbocycles. The lowest BCUT2D eigenvalue weighted by atomic mass is 10.0. The monoisotopic (exact) mass is 254 g/mol. The van der Waals surface area contributed by atoms with Crippen LogP contribution in [-0.2, 0) is 0 Å². The number of nitrogens with one attached hydrogen (secondary N) is 1. The Bertz CT molecular complexity index is 238. The number of likely N-dealkylation sites (tertiary alicyclic amines) is 1. The van der Waals surface area contributed by atoms with Gasteiger partial charge >= 0.3 is 0 Å². The van der Waals surface area contributed by atoms with Gasteiger partial charge in [0.15, 0.2) is 0 Å². The second-order valence-electron chi connectivity index (χ2n) is 6.31. The third kappa shape index (κ3) is 4.19. The Labute approximate surface area is 112 Å². The number of likely N-dealkylation sites (N-methyl/N-ethyl adjacent to an activating group) is 1. The van der Waals surface area contributed by atoms with Gasteiger partial charge in [0.05, 0.1) is 0 Å². The van der Waals surface area contributed by atoms with Crippen molar-refractivity contribution in [2.24, 2.45) is 5.92 Å². The predicted molar refractivity (Wildman–Crippen MR) is 77.0 cm³/mol. The first-order chi connectivity index (χ1) is 8.65. The molecule has 0 bridgehead atoms. The molecule has 0 aliphatic carbocycles. The van der Waals surface area contributed by atoms with Gasteiger partial charge in [0, 0.05) is 38.8 Å². The average Bonchev–Trinajstić information content (AvgIpc) is 2.54. The second kappa shape index (κ2) is 6.85. The molecule has 0 spiro atoms. The molecular formula is C14H30N4. The van der Waals surface area contributed by atoms with Crippen molar-refractivity contribution in [2.75, 3.05) is 67.0 Å². The molecule has 4 nitrogen and oxygen atoms in total. The van der Waals surface area contributed by atoms with Gasteiger partial charge < -0.3 is 20.0 Å². The van der Waals surface area contributed by atoms with Crippen molar-refractivity contribution >= 4 is 0 Å². The molecule has 1 atom stereocenters. The first-order valence-electron chi connectivity index (χ1n) is 7.43. The normalized spacial score (nSPS) is 29.7. The Balaban J connectivity index is 1.77. The van der Waals surface area contributed by atoms with Crippen LogP contribution in [0.4, 0.5) is 0 Å². The van der Waals surface area contributed by atoms with Crippen LogP contribution in [0.15, 0.2) is 0 Å². The van der Waals surface area contributed by atoms with Gasteiger partial charge in [-0.05, 0) is 53.0 Å². The molecule has 2 rings (SSSR count). The van der Waals surface area contributed by atoms with Crippen molar-refractivity contribution in [3.8, 4) is 0 Å². The lowest BCUT2D eigenvalue weighted by Crippen LogP contribution is -2.45. The van der Waals surface area contributed by atoms with Gasteiger partial charge in [0.1, 0.15) is 0 Å². The summed E-state index contributed by atoms with van der Waals surface area (Å²) in [7, 11) is 6.80. The van der Waals surface area contributed by atoms with Crippen LogP contribution in [0.5, 0.6) is 0 Å². The third-order valence-corrected chi connectivity index (χ3v) is 4.53. The van der Waals surface area contributed by atoms with Gasteiger partial charge in [-0.25, -0.2) is 0 Å². The fourth-order valence-corrected chi connectivity index (χ4v) is 3.29. The molecule has 2 saturated heterocycles. The van der Waals surface area contributed by atoms with E-state index in [4.69, 9.17) is 0 Å². The standard InChI is InChI=1S/C14H30N4/c1-16-7-4-14(5-8-16)18(3)12-13-10-15-6-9-17(2)11-13/h13-15H,4-12H2,1-3H3. The molecule has 18 heavy (non-hydrogen) atoms. The lowest BCUT2D eigenvalue weighted by molar-refractivity contribution is 0.123. The molecule has 0 radical (unpaired) electrons. The van der Waals surface area contributed by atoms with E-state index in [1.54, 1.807) is 0 Å². The van der Waals surface area contributed by atoms with Crippen LogP contribution in [-0.4, -0.2) is 87.7 Å². The average molecular weight is 254 g/mol. The highest BCUT2D eigenvalue weighted by Crippen LogP contribution is 2.16. The minimum Gasteiger partial charge on any atom is -0.315 e. The largest absolute Gasteiger partial charge is 0.315 e. The number of piperidine rings is 1. The van der Waals surface area contributed by atoms with E-state index in [1.165, 1.54) is 52.1 Å². The van der Waals surface area contributed by atoms with Crippen LogP contribution >= 0.6 is 0 Å². The molecule has 2 aliphatic heterocycles. The Morgan fingerprint density at radius 3 is 2.56 bits per heavy atom. The van der Waals surface area contributed by atoms with E-state index in [0.29, 0.717) is 0 Å². The summed E-state index contributed by atoms with van der Waals surface area (Å²) in [4.78, 5) is 7.52. The zero-order valence-electron chi connectivity index (χ0n) is 12.4. The van der Waals surface area contributed by atoms with Crippen LogP contribution in [0.1, 0.15) is 12.8 Å². The maximum Gasteiger partial charge on any atom is 0.0117 e. The summed E-state index contributed by atoms with van der Waals surface area (Å²) in [5, 5.41) is 3.57. The van der Waals surface area contributed by atoms with Crippen molar-refractivity contribution in [2.45, 2.75) is 18.9 Å². The number of rotatable bonds is 3. The lowest BCUT2D eigenvalue weighted by Gasteiger charge is -2.37. The molecule has 1 unspecified atom stereocenters. The van der Waals surface area contributed by atoms with E-state index in [0.717, 1.165) is 18.5 Å². The fourth-order valence-electron chi connectivity index (χ4n) is 3.29. The molecule has 2 heterocycles. The molecule has 0 aromatic rings. The van der Waals surface area contributed by atoms with Crippen molar-refractivity contribution in [3.63, 3.8) is 0 Å². The Morgan fingerprint density at radius 1 is 1.11 bits per heavy atom. The fraction of sp³-hybridized carbons (Fsp3) is 1.00. The van der Waals surface area contributed by atoms with Crippen molar-refractivity contribution < 1.29 is 0 Å². The van der Waals surface area contributed by atoms with E-state index >= 15 is 0 Å². The minimum atomic E-state index is 0.780. The number of nitrogens with zero attached hydrogens (tertiary/aromatic N) is 3. The summed E-state index contributed by atoms with van der Waals surface area (Å²) in [6, 6.07) is 0.801. The van der Waals surface area contributed by atoms with Crippen LogP contribution in [0.2, 0.25) is 0 Å². The van der Waals surface area contributed by atoms with Crippen LogP contribution in [0.3, 0.4) is 0 Å². The molecule has 1 N–H and O–H groups in total. The maximum absolute atomic E-state index is 3.57. The molecule has 4 heteroatoms. The van der Waals surface area contributed by atoms with E-state index in [-0.39, 0.29) is 0 Å². The Morgan fingerprint density at radius 2 is 1.83 bits per heavy atom. The van der Waals surface area contributed by atoms with Gasteiger partial charge in [0.25, 0.3) is 0 Å². The highest BCUT2D eigenvalue weighted by atomic mass is 15.2. The van der Waals surface area contributed by atoms with E-state index in [1.807, 2.05) is 0 Å². The molecule has 2 fully saturated rings. The SMILES string of the molecule is CN1CCC(N(C)CC2CNCCN(C)C2)CC1. The second-order valence-corrected chi connectivity index (χ2v) is 6.31. The van der Waals surface area contributed by atoms with Crippen LogP contribution in [0.25, 0.3) is 0 Å². The number of hydrogen-bond acceptors (Lipinski definition) is 4. The van der Waals surface area contributed by atoms with Crippen molar-refractivity contribution in [1.29, 1.82) is 0 Å². The minimum absolute atomic E-state index is 0.780. The molecule has 0 saturated carbocycles. The maximum atomic E-state index is 3.57. The first-order valence-corrected chi connectivity index (χ1v) is 7.43. The summed E-state index contributed by atoms with van der Waals surface area (Å²) in [6.07, 6.45) is 2.67. The summed E-state index contributed by atoms with van der Waals surface area (Å²) in [5.41, 5.74) is 0. The zero-order chi connectivity index (χ0) is 13.0. The smallest absolute Gasteiger partial charge is 0.0117 e. The van der Waals surface area contributed by atoms with E-state index < -0.39 is 0 Å². The van der Waals surface area contributed by atoms with Crippen LogP contribution in [0, 0.1) is 5.92 Å². The number of hydrogen-bond donors (Lipinski definition) is 1. The highest BCUT2D eigenvalue weighted by Gasteiger charge is 2.23. The molecule has 0 amide bonds. The predicted octanol–water partition coefficient (Wildman–Crippen LogP) is 0.164. The third-order valence-electron chi connectivity index (χ3n) is 4.53. The van der Waals surface area contributed by atoms with Crippen molar-refractivity contribution in [1.82, 2.24) is 20.0 Å². The van der Waals surface area contributed by atoms with E-state index in [2.05, 4.69) is 41.2 Å². The summed E-state index contributed by atoms with van der Waals surface area (Å²) in [5.74, 6) is 0.780. The summed E-state index contributed by atoms with van der Waals surface area (Å²) in [6.45, 7) is 8.52. The van der Waals surface area contributed by atoms with Gasteiger partial charge in [-0.15, -0.1) is 0 Å². The molecular weight excluding hydrogens is 224 g/mol. The van der Waals surface area contributed by atoms with Gasteiger partial charge in [-0.1, -0.05) is 0 Å². The van der Waals surface area contributed by atoms with E-state index in [9.17, 15) is 0 Å². The molecule has 2 aliphatic rings. The Hall–Kier alpha value is -0.160. The quantitative estimate of drug-likeness (QED) is 0.775. The molecule has 0 aromatic heterocycles. The van der Waals surface area contributed by atoms with Crippen molar-refractivity contribution in [3.05, 3.63) is 0 Å². The molecule has 106 valence electrons. The topological polar surface area (TPSA) is 21.8 Å². The zero-order valence-corrected chi connectivity index (χ0v) is 12.4. The first kappa shape index (κ1) is 14.3. The van der Waals surface area contributed by atoms with Gasteiger partial charge in [-0.3, -0.25) is 0 Å². The summed E-state index contributed by atoms with van der Waals surface area (Å²) < 4.78 is 0. The van der Waals surface area contributed by atoms with Gasteiger partial charge in [0.2, 0.25) is 0 Å². The van der Waals surface area contributed by atoms with Crippen LogP contribution < -0.4 is 5.32 Å². The summed E-state index contributed by atoms with van der Waals surface area (Å²) >= 11 is 0. The highest BCUT2D eigenvalue weighted by molar-refractivity contribution is 4.80. The van der Waals surface area contributed by atoms with Gasteiger partial charge in [-0.2, -0.15) is 0 Å².